The van der Waals surface area contributed by atoms with E-state index in [-0.39, 0.29) is 19.8 Å². The minimum atomic E-state index is 0.206. The Bertz CT molecular complexity index is 3430. The van der Waals surface area contributed by atoms with E-state index >= 15 is 0 Å². The van der Waals surface area contributed by atoms with Crippen LogP contribution in [0.15, 0.2) is 97.1 Å². The maximum atomic E-state index is 6.93. The van der Waals surface area contributed by atoms with Crippen LogP contribution in [0, 0.1) is 23.7 Å². The highest BCUT2D eigenvalue weighted by Gasteiger charge is 2.21. The van der Waals surface area contributed by atoms with Gasteiger partial charge in [0, 0.05) is 43.6 Å². The highest BCUT2D eigenvalue weighted by atomic mass is 16.6. The number of benzene rings is 7. The van der Waals surface area contributed by atoms with E-state index in [2.05, 4.69) is 129 Å². The molecule has 110 heavy (non-hydrogen) atoms. The summed E-state index contributed by atoms with van der Waals surface area (Å²) in [6, 6.07) is 34.2. The molecule has 0 heterocycles. The zero-order valence-electron chi connectivity index (χ0n) is 68.4. The highest BCUT2D eigenvalue weighted by molar-refractivity contribution is 6.16. The predicted octanol–water partition coefficient (Wildman–Crippen LogP) is 22.2. The standard InChI is InChI=1S/C95H136O15/c1-7-10-13-16-19-22-25-28-31-38-49-105-90-70-78(71-91(106-50-39-32-29-26-23-20-17-14-11-8-2)94(90)109-51-40-33-30-27-24-21-18-15-12-9-3)45-47-84-86-74-80-41-34-36-43-82(80)76-88(86)85(89-77-83-44-37-35-42-81(83)75-87(84)89)48-46-79-72-92(107-67-64-102-61-58-99-55-52-96-4)95(110-69-66-104-63-60-101-57-54-98-6)93(73-79)108-68-65-103-62-59-100-56-53-97-5/h34-37,41-44,70-77H,7-33,38-40,49-69H2,1-6H3. The van der Waals surface area contributed by atoms with Crippen LogP contribution in [-0.4, -0.2) is 160 Å². The van der Waals surface area contributed by atoms with Crippen molar-refractivity contribution in [1.82, 2.24) is 0 Å². The zero-order chi connectivity index (χ0) is 77.2. The third kappa shape index (κ3) is 35.5. The maximum Gasteiger partial charge on any atom is 0.203 e. The molecule has 0 N–H and O–H groups in total. The molecule has 15 nitrogen and oxygen atoms in total. The molecule has 0 unspecified atom stereocenters. The summed E-state index contributed by atoms with van der Waals surface area (Å²) >= 11 is 0. The Balaban J connectivity index is 1.30. The van der Waals surface area contributed by atoms with Gasteiger partial charge in [-0.3, -0.25) is 0 Å². The molecular weight excluding hydrogens is 1380 g/mol. The van der Waals surface area contributed by atoms with Crippen molar-refractivity contribution in [2.24, 2.45) is 0 Å². The quantitative estimate of drug-likeness (QED) is 0.0203. The normalized spacial score (nSPS) is 11.4. The Labute approximate surface area is 661 Å². The van der Waals surface area contributed by atoms with Gasteiger partial charge in [0.05, 0.1) is 119 Å². The van der Waals surface area contributed by atoms with Crippen LogP contribution in [-0.2, 0) is 42.6 Å². The summed E-state index contributed by atoms with van der Waals surface area (Å²) < 4.78 is 90.8. The van der Waals surface area contributed by atoms with Crippen molar-refractivity contribution in [1.29, 1.82) is 0 Å². The number of fused-ring (bicyclic) bond motifs is 4. The molecular formula is C95H136O15. The number of ether oxygens (including phenoxy) is 15. The Hall–Kier alpha value is -6.86. The monoisotopic (exact) mass is 1520 g/mol. The van der Waals surface area contributed by atoms with E-state index < -0.39 is 0 Å². The van der Waals surface area contributed by atoms with Gasteiger partial charge < -0.3 is 71.1 Å². The van der Waals surface area contributed by atoms with Crippen molar-refractivity contribution in [2.45, 2.75) is 213 Å². The third-order valence-electron chi connectivity index (χ3n) is 19.7. The van der Waals surface area contributed by atoms with Crippen molar-refractivity contribution < 1.29 is 71.1 Å². The van der Waals surface area contributed by atoms with Gasteiger partial charge in [-0.05, 0) is 111 Å². The van der Waals surface area contributed by atoms with E-state index in [9.17, 15) is 0 Å². The van der Waals surface area contributed by atoms with Crippen LogP contribution in [0.25, 0.3) is 43.1 Å². The fourth-order valence-corrected chi connectivity index (χ4v) is 13.5. The lowest BCUT2D eigenvalue weighted by Gasteiger charge is -2.18. The van der Waals surface area contributed by atoms with E-state index in [0.717, 1.165) is 98.3 Å². The molecule has 0 bridgehead atoms. The van der Waals surface area contributed by atoms with Crippen LogP contribution in [0.5, 0.6) is 34.5 Å². The summed E-state index contributed by atoms with van der Waals surface area (Å²) in [6.07, 6.45) is 37.6. The summed E-state index contributed by atoms with van der Waals surface area (Å²) in [5.74, 6) is 18.4. The number of unbranched alkanes of at least 4 members (excludes halogenated alkanes) is 27. The lowest BCUT2D eigenvalue weighted by atomic mass is 9.88. The van der Waals surface area contributed by atoms with Crippen molar-refractivity contribution in [3.63, 3.8) is 0 Å². The topological polar surface area (TPSA) is 138 Å². The Morgan fingerprint density at radius 3 is 0.709 bits per heavy atom. The average Bonchev–Trinajstić information content (AvgIpc) is 0.732. The molecule has 0 aliphatic rings. The molecule has 0 spiro atoms. The fourth-order valence-electron chi connectivity index (χ4n) is 13.5. The fraction of sp³-hybridized carbons (Fsp3) is 0.600. The number of hydrogen-bond acceptors (Lipinski definition) is 15. The summed E-state index contributed by atoms with van der Waals surface area (Å²) in [7, 11) is 4.96. The third-order valence-corrected chi connectivity index (χ3v) is 19.7. The van der Waals surface area contributed by atoms with Crippen molar-refractivity contribution in [3.8, 4) is 58.2 Å². The molecule has 0 amide bonds. The molecule has 0 radical (unpaired) electrons. The smallest absolute Gasteiger partial charge is 0.203 e. The molecule has 15 heteroatoms. The van der Waals surface area contributed by atoms with Gasteiger partial charge in [0.15, 0.2) is 23.0 Å². The molecule has 0 saturated heterocycles. The lowest BCUT2D eigenvalue weighted by molar-refractivity contribution is 0.0146. The Morgan fingerprint density at radius 2 is 0.436 bits per heavy atom. The number of hydrogen-bond donors (Lipinski definition) is 0. The molecule has 7 aromatic rings. The van der Waals surface area contributed by atoms with Gasteiger partial charge >= 0.3 is 0 Å². The van der Waals surface area contributed by atoms with Gasteiger partial charge in [0.2, 0.25) is 11.5 Å². The number of rotatable bonds is 66. The highest BCUT2D eigenvalue weighted by Crippen LogP contribution is 2.43. The first-order valence-electron chi connectivity index (χ1n) is 42.4. The number of methoxy groups -OCH3 is 3. The molecule has 0 atom stereocenters. The minimum Gasteiger partial charge on any atom is -0.490 e. The second-order valence-electron chi connectivity index (χ2n) is 28.6. The molecule has 0 fully saturated rings. The van der Waals surface area contributed by atoms with Crippen LogP contribution in [0.3, 0.4) is 0 Å². The SMILES string of the molecule is CCCCCCCCCCCCOc1cc(C#Cc2c3cc4ccccc4cc3c(C#Cc3cc(OCCOCCOCCOC)c(OCCOCCOCCOC)c(OCCOCCOCCOC)c3)c3cc4ccccc4cc23)cc(OCCCCCCCCCCCC)c1OCCCCCCCCCCCC. The van der Waals surface area contributed by atoms with E-state index in [1.54, 1.807) is 21.3 Å². The molecule has 606 valence electrons. The molecule has 7 aromatic carbocycles. The van der Waals surface area contributed by atoms with Gasteiger partial charge in [0.1, 0.15) is 19.8 Å². The van der Waals surface area contributed by atoms with Crippen LogP contribution >= 0.6 is 0 Å². The minimum absolute atomic E-state index is 0.206. The van der Waals surface area contributed by atoms with Gasteiger partial charge in [-0.25, -0.2) is 0 Å². The van der Waals surface area contributed by atoms with Gasteiger partial charge in [0.25, 0.3) is 0 Å². The maximum absolute atomic E-state index is 6.93. The Kier molecular flexibility index (Phi) is 48.4. The van der Waals surface area contributed by atoms with E-state index in [0.29, 0.717) is 159 Å². The van der Waals surface area contributed by atoms with Gasteiger partial charge in [-0.1, -0.05) is 266 Å². The van der Waals surface area contributed by atoms with Gasteiger partial charge in [-0.15, -0.1) is 0 Å². The van der Waals surface area contributed by atoms with Crippen LogP contribution in [0.4, 0.5) is 0 Å². The molecule has 0 aromatic heterocycles. The van der Waals surface area contributed by atoms with Crippen LogP contribution in [0.1, 0.15) is 236 Å². The van der Waals surface area contributed by atoms with Crippen molar-refractivity contribution >= 4 is 43.1 Å². The van der Waals surface area contributed by atoms with Crippen molar-refractivity contribution in [2.75, 3.05) is 160 Å². The van der Waals surface area contributed by atoms with E-state index in [1.165, 1.54) is 154 Å². The Morgan fingerprint density at radius 1 is 0.218 bits per heavy atom. The summed E-state index contributed by atoms with van der Waals surface area (Å²) in [5.41, 5.74) is 3.21. The molecule has 0 aliphatic carbocycles. The first-order chi connectivity index (χ1) is 54.5. The molecule has 0 aliphatic heterocycles. The van der Waals surface area contributed by atoms with Crippen LogP contribution < -0.4 is 28.4 Å². The lowest BCUT2D eigenvalue weighted by Crippen LogP contribution is -2.15. The van der Waals surface area contributed by atoms with Crippen molar-refractivity contribution in [3.05, 3.63) is 119 Å². The summed E-state index contributed by atoms with van der Waals surface area (Å²) in [6.45, 7) is 15.6. The van der Waals surface area contributed by atoms with E-state index in [1.807, 2.05) is 12.1 Å². The second-order valence-corrected chi connectivity index (χ2v) is 28.6. The zero-order valence-corrected chi connectivity index (χ0v) is 68.4. The predicted molar refractivity (Wildman–Crippen MR) is 450 cm³/mol. The second kappa shape index (κ2) is 58.9. The summed E-state index contributed by atoms with van der Waals surface area (Å²) in [5, 5.41) is 8.31. The first kappa shape index (κ1) is 90.3. The largest absolute Gasteiger partial charge is 0.490 e. The van der Waals surface area contributed by atoms with Gasteiger partial charge in [-0.2, -0.15) is 0 Å². The van der Waals surface area contributed by atoms with Crippen LogP contribution in [0.2, 0.25) is 0 Å². The molecule has 0 saturated carbocycles. The first-order valence-corrected chi connectivity index (χ1v) is 42.4. The molecule has 7 rings (SSSR count). The van der Waals surface area contributed by atoms with E-state index in [4.69, 9.17) is 71.1 Å². The summed E-state index contributed by atoms with van der Waals surface area (Å²) in [4.78, 5) is 0. The average molecular weight is 1520 g/mol.